The second-order valence-corrected chi connectivity index (χ2v) is 10.9. The molecule has 2 aromatic rings. The highest BCUT2D eigenvalue weighted by Gasteiger charge is 2.28. The van der Waals surface area contributed by atoms with Gasteiger partial charge in [0.05, 0.1) is 19.1 Å². The van der Waals surface area contributed by atoms with Crippen LogP contribution in [0.25, 0.3) is 0 Å². The predicted molar refractivity (Wildman–Crippen MR) is 144 cm³/mol. The lowest BCUT2D eigenvalue weighted by molar-refractivity contribution is -0.141. The minimum Gasteiger partial charge on any atom is -0.497 e. The average Bonchev–Trinajstić information content (AvgIpc) is 2.80. The van der Waals surface area contributed by atoms with E-state index in [1.54, 1.807) is 12.0 Å². The minimum atomic E-state index is -3.53. The van der Waals surface area contributed by atoms with Crippen molar-refractivity contribution in [3.8, 4) is 5.75 Å². The van der Waals surface area contributed by atoms with Crippen molar-refractivity contribution in [1.82, 2.24) is 10.2 Å². The van der Waals surface area contributed by atoms with Gasteiger partial charge in [-0.05, 0) is 74.6 Å². The number of hydrogen-bond donors (Lipinski definition) is 1. The fraction of sp³-hybridized carbons (Fsp3) is 0.481. The van der Waals surface area contributed by atoms with Crippen molar-refractivity contribution in [3.63, 3.8) is 0 Å². The molecule has 198 valence electrons. The third kappa shape index (κ3) is 8.26. The van der Waals surface area contributed by atoms with Crippen LogP contribution in [-0.4, -0.2) is 57.6 Å². The summed E-state index contributed by atoms with van der Waals surface area (Å²) in [5, 5.41) is 2.82. The van der Waals surface area contributed by atoms with Gasteiger partial charge in [0.1, 0.15) is 11.8 Å². The summed E-state index contributed by atoms with van der Waals surface area (Å²) in [6.07, 6.45) is 2.07. The Bertz CT molecular complexity index is 1110. The normalized spacial score (nSPS) is 12.1. The van der Waals surface area contributed by atoms with Crippen LogP contribution in [0.5, 0.6) is 5.75 Å². The fourth-order valence-corrected chi connectivity index (χ4v) is 5.19. The van der Waals surface area contributed by atoms with Crippen LogP contribution in [0.2, 0.25) is 0 Å². The van der Waals surface area contributed by atoms with Crippen LogP contribution >= 0.6 is 0 Å². The second kappa shape index (κ2) is 13.3. The number of ether oxygens (including phenoxy) is 1. The van der Waals surface area contributed by atoms with Gasteiger partial charge in [-0.3, -0.25) is 13.9 Å². The number of benzene rings is 2. The molecule has 1 atom stereocenters. The van der Waals surface area contributed by atoms with Crippen molar-refractivity contribution in [2.75, 3.05) is 30.8 Å². The number of methoxy groups -OCH3 is 1. The Balaban J connectivity index is 2.22. The lowest BCUT2D eigenvalue weighted by Crippen LogP contribution is -2.49. The van der Waals surface area contributed by atoms with Crippen molar-refractivity contribution in [3.05, 3.63) is 59.2 Å². The quantitative estimate of drug-likeness (QED) is 0.436. The van der Waals surface area contributed by atoms with Gasteiger partial charge in [-0.25, -0.2) is 8.42 Å². The molecule has 9 heteroatoms. The molecule has 0 fully saturated rings. The van der Waals surface area contributed by atoms with Gasteiger partial charge in [0, 0.05) is 26.1 Å². The van der Waals surface area contributed by atoms with Crippen LogP contribution in [-0.2, 0) is 26.2 Å². The Hall–Kier alpha value is -3.07. The zero-order valence-corrected chi connectivity index (χ0v) is 23.0. The number of amides is 2. The van der Waals surface area contributed by atoms with E-state index in [9.17, 15) is 18.0 Å². The van der Waals surface area contributed by atoms with Gasteiger partial charge < -0.3 is 15.0 Å². The number of sulfonamides is 1. The summed E-state index contributed by atoms with van der Waals surface area (Å²) in [6, 6.07) is 12.4. The molecule has 8 nitrogen and oxygen atoms in total. The van der Waals surface area contributed by atoms with Crippen molar-refractivity contribution in [2.24, 2.45) is 0 Å². The number of nitrogens with one attached hydrogen (secondary N) is 1. The largest absolute Gasteiger partial charge is 0.497 e. The molecule has 0 aliphatic rings. The Morgan fingerprint density at radius 3 is 2.14 bits per heavy atom. The first-order chi connectivity index (χ1) is 17.0. The highest BCUT2D eigenvalue weighted by atomic mass is 32.2. The summed E-state index contributed by atoms with van der Waals surface area (Å²) in [5.41, 5.74) is 3.40. The third-order valence-electron chi connectivity index (χ3n) is 5.90. The molecule has 2 rings (SSSR count). The summed E-state index contributed by atoms with van der Waals surface area (Å²) >= 11 is 0. The van der Waals surface area contributed by atoms with Crippen LogP contribution in [0.15, 0.2) is 42.5 Å². The van der Waals surface area contributed by atoms with E-state index in [-0.39, 0.29) is 31.3 Å². The number of aryl methyl sites for hydroxylation is 2. The highest BCUT2D eigenvalue weighted by molar-refractivity contribution is 7.92. The van der Waals surface area contributed by atoms with Gasteiger partial charge in [0.15, 0.2) is 0 Å². The van der Waals surface area contributed by atoms with Gasteiger partial charge in [-0.1, -0.05) is 25.1 Å². The molecule has 0 aromatic heterocycles. The summed E-state index contributed by atoms with van der Waals surface area (Å²) in [4.78, 5) is 27.8. The fourth-order valence-electron chi connectivity index (χ4n) is 4.24. The standard InChI is InChI=1S/C27H39N3O5S/c1-7-25(27(32)28-8-2)29(19-22-11-13-24(35-5)14-12-22)26(31)10-9-15-30(36(6,33)34)23-17-20(3)16-21(4)18-23/h11-14,16-18,25H,7-10,15,19H2,1-6H3,(H,28,32)/t25-/m0/s1. The van der Waals surface area contributed by atoms with Crippen LogP contribution in [0.4, 0.5) is 5.69 Å². The van der Waals surface area contributed by atoms with Crippen molar-refractivity contribution in [1.29, 1.82) is 0 Å². The number of rotatable bonds is 13. The number of carbonyl (C=O) groups is 2. The molecule has 2 aromatic carbocycles. The number of carbonyl (C=O) groups excluding carboxylic acids is 2. The van der Waals surface area contributed by atoms with E-state index in [1.807, 2.05) is 70.2 Å². The maximum atomic E-state index is 13.4. The molecule has 0 unspecified atom stereocenters. The maximum Gasteiger partial charge on any atom is 0.242 e. The molecule has 1 N–H and O–H groups in total. The van der Waals surface area contributed by atoms with Gasteiger partial charge in [-0.15, -0.1) is 0 Å². The average molecular weight is 518 g/mol. The zero-order valence-electron chi connectivity index (χ0n) is 22.2. The predicted octanol–water partition coefficient (Wildman–Crippen LogP) is 3.80. The molecular weight excluding hydrogens is 478 g/mol. The number of nitrogens with zero attached hydrogens (tertiary/aromatic N) is 2. The molecule has 36 heavy (non-hydrogen) atoms. The first kappa shape index (κ1) is 29.2. The minimum absolute atomic E-state index is 0.114. The van der Waals surface area contributed by atoms with Crippen LogP contribution in [0.1, 0.15) is 49.8 Å². The topological polar surface area (TPSA) is 96.0 Å². The van der Waals surface area contributed by atoms with E-state index < -0.39 is 16.1 Å². The van der Waals surface area contributed by atoms with E-state index in [4.69, 9.17) is 4.74 Å². The van der Waals surface area contributed by atoms with Gasteiger partial charge in [0.25, 0.3) is 0 Å². The van der Waals surface area contributed by atoms with E-state index in [0.717, 1.165) is 16.7 Å². The van der Waals surface area contributed by atoms with E-state index in [0.29, 0.717) is 30.8 Å². The van der Waals surface area contributed by atoms with E-state index >= 15 is 0 Å². The molecule has 0 spiro atoms. The van der Waals surface area contributed by atoms with Crippen molar-refractivity contribution in [2.45, 2.75) is 59.5 Å². The summed E-state index contributed by atoms with van der Waals surface area (Å²) < 4.78 is 31.6. The second-order valence-electron chi connectivity index (χ2n) is 8.97. The SMILES string of the molecule is CCNC(=O)[C@H](CC)N(Cc1ccc(OC)cc1)C(=O)CCCN(c1cc(C)cc(C)c1)S(C)(=O)=O. The molecule has 2 amide bonds. The zero-order chi connectivity index (χ0) is 26.9. The molecule has 0 aliphatic carbocycles. The van der Waals surface area contributed by atoms with E-state index in [1.165, 1.54) is 10.6 Å². The van der Waals surface area contributed by atoms with Gasteiger partial charge >= 0.3 is 0 Å². The van der Waals surface area contributed by atoms with Gasteiger partial charge in [0.2, 0.25) is 21.8 Å². The highest BCUT2D eigenvalue weighted by Crippen LogP contribution is 2.23. The summed E-state index contributed by atoms with van der Waals surface area (Å²) in [6.45, 7) is 8.46. The molecular formula is C27H39N3O5S. The Kier molecular flexibility index (Phi) is 10.8. The van der Waals surface area contributed by atoms with Crippen molar-refractivity contribution < 1.29 is 22.7 Å². The summed E-state index contributed by atoms with van der Waals surface area (Å²) in [5.74, 6) is 0.312. The molecule has 0 aliphatic heterocycles. The molecule has 0 saturated heterocycles. The smallest absolute Gasteiger partial charge is 0.242 e. The number of likely N-dealkylation sites (N-methyl/N-ethyl adjacent to an activating group) is 1. The van der Waals surface area contributed by atoms with Crippen molar-refractivity contribution >= 4 is 27.5 Å². The first-order valence-corrected chi connectivity index (χ1v) is 14.1. The Morgan fingerprint density at radius 1 is 1.03 bits per heavy atom. The molecule has 0 bridgehead atoms. The third-order valence-corrected chi connectivity index (χ3v) is 7.09. The molecule has 0 heterocycles. The van der Waals surface area contributed by atoms with E-state index in [2.05, 4.69) is 5.32 Å². The number of anilines is 1. The monoisotopic (exact) mass is 517 g/mol. The van der Waals surface area contributed by atoms with Crippen LogP contribution in [0, 0.1) is 13.8 Å². The Labute approximate surface area is 215 Å². The Morgan fingerprint density at radius 2 is 1.64 bits per heavy atom. The lowest BCUT2D eigenvalue weighted by Gasteiger charge is -2.31. The maximum absolute atomic E-state index is 13.4. The summed E-state index contributed by atoms with van der Waals surface area (Å²) in [7, 11) is -1.95. The lowest BCUT2D eigenvalue weighted by atomic mass is 10.1. The van der Waals surface area contributed by atoms with Crippen LogP contribution in [0.3, 0.4) is 0 Å². The molecule has 0 radical (unpaired) electrons. The first-order valence-electron chi connectivity index (χ1n) is 12.3. The van der Waals surface area contributed by atoms with Gasteiger partial charge in [-0.2, -0.15) is 0 Å². The molecule has 0 saturated carbocycles. The number of hydrogen-bond acceptors (Lipinski definition) is 5. The van der Waals surface area contributed by atoms with Crippen LogP contribution < -0.4 is 14.4 Å².